The van der Waals surface area contributed by atoms with Crippen LogP contribution in [0.2, 0.25) is 5.02 Å². The second-order valence-corrected chi connectivity index (χ2v) is 10.4. The summed E-state index contributed by atoms with van der Waals surface area (Å²) in [7, 11) is -3.48. The standard InChI is InChI=1S/C24H25ClN2O4S2/c1-32-23-5-3-4-21(16-23)27(33(2,29)30)17-18-6-8-19(9-7-18)24(28)26-14-15-31-22-12-10-20(25)11-13-22/h3-13,16H,14-15,17H2,1-2H3,(H,26,28). The van der Waals surface area contributed by atoms with Gasteiger partial charge in [0.15, 0.2) is 0 Å². The molecule has 0 heterocycles. The van der Waals surface area contributed by atoms with Gasteiger partial charge in [-0.3, -0.25) is 9.10 Å². The highest BCUT2D eigenvalue weighted by Gasteiger charge is 2.18. The Hall–Kier alpha value is -2.68. The summed E-state index contributed by atoms with van der Waals surface area (Å²) in [4.78, 5) is 13.4. The summed E-state index contributed by atoms with van der Waals surface area (Å²) < 4.78 is 31.7. The van der Waals surface area contributed by atoms with Crippen molar-refractivity contribution in [3.05, 3.63) is 88.9 Å². The first-order valence-corrected chi connectivity index (χ1v) is 13.6. The third-order valence-corrected chi connectivity index (χ3v) is 6.87. The molecule has 0 saturated heterocycles. The molecular weight excluding hydrogens is 480 g/mol. The molecule has 0 aliphatic rings. The Balaban J connectivity index is 1.58. The monoisotopic (exact) mass is 504 g/mol. The average molecular weight is 505 g/mol. The number of anilines is 1. The van der Waals surface area contributed by atoms with Gasteiger partial charge in [0.1, 0.15) is 12.4 Å². The maximum absolute atomic E-state index is 12.4. The van der Waals surface area contributed by atoms with Crippen LogP contribution in [0.15, 0.2) is 77.7 Å². The Labute approximate surface area is 204 Å². The minimum Gasteiger partial charge on any atom is -0.492 e. The fourth-order valence-electron chi connectivity index (χ4n) is 3.06. The van der Waals surface area contributed by atoms with Crippen molar-refractivity contribution in [3.8, 4) is 5.75 Å². The molecule has 6 nitrogen and oxygen atoms in total. The van der Waals surface area contributed by atoms with Crippen molar-refractivity contribution >= 4 is 45.0 Å². The van der Waals surface area contributed by atoms with Crippen LogP contribution in [0.1, 0.15) is 15.9 Å². The van der Waals surface area contributed by atoms with E-state index in [1.54, 1.807) is 66.4 Å². The van der Waals surface area contributed by atoms with Crippen molar-refractivity contribution in [1.29, 1.82) is 0 Å². The molecule has 3 rings (SSSR count). The summed E-state index contributed by atoms with van der Waals surface area (Å²) >= 11 is 7.39. The third kappa shape index (κ3) is 7.42. The van der Waals surface area contributed by atoms with E-state index in [-0.39, 0.29) is 12.5 Å². The molecule has 0 aliphatic carbocycles. The zero-order chi connectivity index (χ0) is 23.8. The Morgan fingerprint density at radius 1 is 1.06 bits per heavy atom. The quantitative estimate of drug-likeness (QED) is 0.316. The largest absolute Gasteiger partial charge is 0.492 e. The first kappa shape index (κ1) is 25.0. The van der Waals surface area contributed by atoms with Crippen LogP contribution in [0.3, 0.4) is 0 Å². The normalized spacial score (nSPS) is 11.1. The highest BCUT2D eigenvalue weighted by molar-refractivity contribution is 7.98. The highest BCUT2D eigenvalue weighted by Crippen LogP contribution is 2.25. The molecule has 3 aromatic rings. The van der Waals surface area contributed by atoms with Crippen LogP contribution < -0.4 is 14.4 Å². The summed E-state index contributed by atoms with van der Waals surface area (Å²) in [5.41, 5.74) is 1.87. The lowest BCUT2D eigenvalue weighted by atomic mass is 10.1. The molecule has 0 atom stereocenters. The van der Waals surface area contributed by atoms with Crippen LogP contribution in [0.25, 0.3) is 0 Å². The fourth-order valence-corrected chi connectivity index (χ4v) is 4.52. The van der Waals surface area contributed by atoms with Gasteiger partial charge in [0.25, 0.3) is 5.91 Å². The number of nitrogens with zero attached hydrogens (tertiary/aromatic N) is 1. The van der Waals surface area contributed by atoms with E-state index in [1.165, 1.54) is 10.6 Å². The van der Waals surface area contributed by atoms with Crippen molar-refractivity contribution in [2.75, 3.05) is 30.0 Å². The predicted octanol–water partition coefficient (Wildman–Crippen LogP) is 4.84. The topological polar surface area (TPSA) is 75.7 Å². The average Bonchev–Trinajstić information content (AvgIpc) is 2.81. The van der Waals surface area contributed by atoms with Gasteiger partial charge < -0.3 is 10.1 Å². The van der Waals surface area contributed by atoms with E-state index in [1.807, 2.05) is 24.5 Å². The van der Waals surface area contributed by atoms with E-state index < -0.39 is 10.0 Å². The second-order valence-electron chi connectivity index (χ2n) is 7.23. The number of halogens is 1. The molecule has 9 heteroatoms. The first-order valence-electron chi connectivity index (χ1n) is 10.1. The molecule has 33 heavy (non-hydrogen) atoms. The molecular formula is C24H25ClN2O4S2. The van der Waals surface area contributed by atoms with Gasteiger partial charge in [-0.15, -0.1) is 11.8 Å². The van der Waals surface area contributed by atoms with Gasteiger partial charge in [-0.1, -0.05) is 29.8 Å². The molecule has 174 valence electrons. The lowest BCUT2D eigenvalue weighted by Gasteiger charge is -2.23. The number of carbonyl (C=O) groups is 1. The van der Waals surface area contributed by atoms with Crippen molar-refractivity contribution < 1.29 is 17.9 Å². The summed E-state index contributed by atoms with van der Waals surface area (Å²) in [5.74, 6) is 0.449. The van der Waals surface area contributed by atoms with Gasteiger partial charge in [0.2, 0.25) is 10.0 Å². The van der Waals surface area contributed by atoms with Crippen LogP contribution >= 0.6 is 23.4 Å². The summed E-state index contributed by atoms with van der Waals surface area (Å²) in [6.45, 7) is 0.842. The number of nitrogens with one attached hydrogen (secondary N) is 1. The molecule has 0 saturated carbocycles. The lowest BCUT2D eigenvalue weighted by molar-refractivity contribution is 0.0947. The molecule has 0 spiro atoms. The molecule has 0 fully saturated rings. The van der Waals surface area contributed by atoms with E-state index >= 15 is 0 Å². The van der Waals surface area contributed by atoms with Gasteiger partial charge in [0, 0.05) is 15.5 Å². The van der Waals surface area contributed by atoms with Crippen molar-refractivity contribution in [3.63, 3.8) is 0 Å². The number of hydrogen-bond donors (Lipinski definition) is 1. The van der Waals surface area contributed by atoms with E-state index in [9.17, 15) is 13.2 Å². The van der Waals surface area contributed by atoms with E-state index in [0.29, 0.717) is 35.2 Å². The fraction of sp³-hybridized carbons (Fsp3) is 0.208. The van der Waals surface area contributed by atoms with E-state index in [4.69, 9.17) is 16.3 Å². The molecule has 0 unspecified atom stereocenters. The third-order valence-electron chi connectivity index (χ3n) is 4.75. The zero-order valence-electron chi connectivity index (χ0n) is 18.3. The Morgan fingerprint density at radius 2 is 1.76 bits per heavy atom. The van der Waals surface area contributed by atoms with Crippen molar-refractivity contribution in [1.82, 2.24) is 5.32 Å². The van der Waals surface area contributed by atoms with Crippen LogP contribution in [-0.4, -0.2) is 40.0 Å². The van der Waals surface area contributed by atoms with Gasteiger partial charge in [0.05, 0.1) is 25.0 Å². The number of amides is 1. The zero-order valence-corrected chi connectivity index (χ0v) is 20.7. The number of ether oxygens (including phenoxy) is 1. The summed E-state index contributed by atoms with van der Waals surface area (Å²) in [5, 5.41) is 3.44. The molecule has 0 aliphatic heterocycles. The lowest BCUT2D eigenvalue weighted by Crippen LogP contribution is -2.29. The van der Waals surface area contributed by atoms with Gasteiger partial charge in [-0.2, -0.15) is 0 Å². The van der Waals surface area contributed by atoms with Crippen molar-refractivity contribution in [2.45, 2.75) is 11.4 Å². The number of sulfonamides is 1. The predicted molar refractivity (Wildman–Crippen MR) is 135 cm³/mol. The number of hydrogen-bond acceptors (Lipinski definition) is 5. The molecule has 1 N–H and O–H groups in total. The maximum Gasteiger partial charge on any atom is 0.251 e. The molecule has 3 aromatic carbocycles. The maximum atomic E-state index is 12.4. The van der Waals surface area contributed by atoms with Gasteiger partial charge >= 0.3 is 0 Å². The van der Waals surface area contributed by atoms with Gasteiger partial charge in [-0.05, 0) is 66.4 Å². The van der Waals surface area contributed by atoms with E-state index in [0.717, 1.165) is 10.5 Å². The second kappa shape index (κ2) is 11.4. The smallest absolute Gasteiger partial charge is 0.251 e. The number of carbonyl (C=O) groups excluding carboxylic acids is 1. The van der Waals surface area contributed by atoms with Crippen LogP contribution in [-0.2, 0) is 16.6 Å². The first-order chi connectivity index (χ1) is 15.8. The van der Waals surface area contributed by atoms with Gasteiger partial charge in [-0.25, -0.2) is 8.42 Å². The molecule has 0 radical (unpaired) electrons. The number of rotatable bonds is 10. The van der Waals surface area contributed by atoms with Crippen LogP contribution in [0.4, 0.5) is 5.69 Å². The minimum atomic E-state index is -3.48. The highest BCUT2D eigenvalue weighted by atomic mass is 35.5. The number of benzene rings is 3. The molecule has 1 amide bonds. The SMILES string of the molecule is CSc1cccc(N(Cc2ccc(C(=O)NCCOc3ccc(Cl)cc3)cc2)S(C)(=O)=O)c1. The summed E-state index contributed by atoms with van der Waals surface area (Å²) in [6.07, 6.45) is 3.13. The molecule has 0 bridgehead atoms. The Morgan fingerprint density at radius 3 is 2.39 bits per heavy atom. The summed E-state index contributed by atoms with van der Waals surface area (Å²) in [6, 6.07) is 21.3. The Kier molecular flexibility index (Phi) is 8.66. The van der Waals surface area contributed by atoms with Crippen LogP contribution in [0.5, 0.6) is 5.75 Å². The van der Waals surface area contributed by atoms with Crippen molar-refractivity contribution in [2.24, 2.45) is 0 Å². The minimum absolute atomic E-state index is 0.174. The Bertz CT molecular complexity index is 1180. The number of thioether (sulfide) groups is 1. The van der Waals surface area contributed by atoms with E-state index in [2.05, 4.69) is 5.32 Å². The molecule has 0 aromatic heterocycles. The van der Waals surface area contributed by atoms with Crippen LogP contribution in [0, 0.1) is 0 Å².